The van der Waals surface area contributed by atoms with Crippen LogP contribution in [0.3, 0.4) is 0 Å². The van der Waals surface area contributed by atoms with Crippen molar-refractivity contribution in [1.82, 2.24) is 10.3 Å². The summed E-state index contributed by atoms with van der Waals surface area (Å²) in [4.78, 5) is 27.1. The van der Waals surface area contributed by atoms with Gasteiger partial charge in [0.1, 0.15) is 11.9 Å². The first kappa shape index (κ1) is 15.4. The molecular weight excluding hydrogens is 280 g/mol. The summed E-state index contributed by atoms with van der Waals surface area (Å²) in [6.07, 6.45) is 3.29. The van der Waals surface area contributed by atoms with Crippen molar-refractivity contribution in [3.63, 3.8) is 0 Å². The standard InChI is InChI=1S/C16H15N4O2/c17-16(18)12-6-7-19-13(8-12)9-15(22)20-14(10-21)11-4-2-1-3-5-11/h1-8,14H,9H2,(H3,17,18)(H,20,22). The van der Waals surface area contributed by atoms with Crippen LogP contribution in [-0.2, 0) is 16.0 Å². The summed E-state index contributed by atoms with van der Waals surface area (Å²) in [5, 5.41) is 9.96. The van der Waals surface area contributed by atoms with Gasteiger partial charge in [0, 0.05) is 11.8 Å². The monoisotopic (exact) mass is 295 g/mol. The summed E-state index contributed by atoms with van der Waals surface area (Å²) in [7, 11) is 0. The van der Waals surface area contributed by atoms with E-state index >= 15 is 0 Å². The lowest BCUT2D eigenvalue weighted by molar-refractivity contribution is -0.120. The van der Waals surface area contributed by atoms with Crippen LogP contribution in [0.15, 0.2) is 48.7 Å². The highest BCUT2D eigenvalue weighted by Crippen LogP contribution is 2.10. The normalized spacial score (nSPS) is 11.5. The van der Waals surface area contributed by atoms with Gasteiger partial charge in [-0.2, -0.15) is 0 Å². The molecule has 2 aromatic rings. The molecule has 2 rings (SSSR count). The molecule has 6 nitrogen and oxygen atoms in total. The molecule has 22 heavy (non-hydrogen) atoms. The summed E-state index contributed by atoms with van der Waals surface area (Å²) < 4.78 is 0. The molecule has 1 aromatic heterocycles. The summed E-state index contributed by atoms with van der Waals surface area (Å²) in [5.74, 6) is -0.446. The number of pyridine rings is 1. The van der Waals surface area contributed by atoms with Gasteiger partial charge >= 0.3 is 0 Å². The Hall–Kier alpha value is -3.02. The summed E-state index contributed by atoms with van der Waals surface area (Å²) in [6, 6.07) is 11.2. The number of hydrogen-bond acceptors (Lipinski definition) is 4. The molecule has 0 aliphatic carbocycles. The quantitative estimate of drug-likeness (QED) is 0.542. The van der Waals surface area contributed by atoms with Crippen molar-refractivity contribution in [2.45, 2.75) is 12.5 Å². The third-order valence-corrected chi connectivity index (χ3v) is 3.03. The number of nitrogens with two attached hydrogens (primary N) is 1. The molecule has 0 aliphatic heterocycles. The molecule has 0 saturated heterocycles. The summed E-state index contributed by atoms with van der Waals surface area (Å²) in [5.41, 5.74) is 7.03. The highest BCUT2D eigenvalue weighted by Gasteiger charge is 2.15. The van der Waals surface area contributed by atoms with Crippen molar-refractivity contribution in [3.05, 3.63) is 65.5 Å². The summed E-state index contributed by atoms with van der Waals surface area (Å²) >= 11 is 0. The Kier molecular flexibility index (Phi) is 4.98. The van der Waals surface area contributed by atoms with Crippen LogP contribution in [0, 0.1) is 5.41 Å². The van der Waals surface area contributed by atoms with E-state index in [1.54, 1.807) is 36.4 Å². The van der Waals surface area contributed by atoms with Gasteiger partial charge in [0.2, 0.25) is 12.2 Å². The Bertz CT molecular complexity index is 686. The maximum atomic E-state index is 12.0. The van der Waals surface area contributed by atoms with Crippen LogP contribution in [-0.4, -0.2) is 23.0 Å². The van der Waals surface area contributed by atoms with Crippen molar-refractivity contribution in [2.75, 3.05) is 0 Å². The zero-order valence-corrected chi connectivity index (χ0v) is 11.7. The molecule has 1 heterocycles. The molecule has 0 fully saturated rings. The second-order valence-electron chi connectivity index (χ2n) is 4.66. The number of hydrogen-bond donors (Lipinski definition) is 3. The van der Waals surface area contributed by atoms with Gasteiger partial charge in [-0.25, -0.2) is 0 Å². The Morgan fingerprint density at radius 1 is 1.32 bits per heavy atom. The van der Waals surface area contributed by atoms with E-state index in [4.69, 9.17) is 11.1 Å². The molecule has 111 valence electrons. The van der Waals surface area contributed by atoms with Gasteiger partial charge in [0.05, 0.1) is 12.1 Å². The molecule has 0 aliphatic rings. The second-order valence-corrected chi connectivity index (χ2v) is 4.66. The lowest BCUT2D eigenvalue weighted by atomic mass is 10.1. The second kappa shape index (κ2) is 7.12. The largest absolute Gasteiger partial charge is 0.384 e. The topological polar surface area (TPSA) is 109 Å². The van der Waals surface area contributed by atoms with Crippen molar-refractivity contribution in [3.8, 4) is 0 Å². The fourth-order valence-electron chi connectivity index (χ4n) is 1.95. The Morgan fingerprint density at radius 3 is 2.68 bits per heavy atom. The number of aromatic nitrogens is 1. The van der Waals surface area contributed by atoms with E-state index in [0.717, 1.165) is 0 Å². The van der Waals surface area contributed by atoms with Crippen molar-refractivity contribution < 1.29 is 9.59 Å². The maximum absolute atomic E-state index is 12.0. The van der Waals surface area contributed by atoms with Crippen LogP contribution < -0.4 is 11.1 Å². The number of amides is 1. The fraction of sp³-hybridized carbons (Fsp3) is 0.125. The molecule has 1 aromatic carbocycles. The maximum Gasteiger partial charge on any atom is 0.227 e. The van der Waals surface area contributed by atoms with E-state index in [0.29, 0.717) is 16.8 Å². The zero-order valence-electron chi connectivity index (χ0n) is 11.7. The van der Waals surface area contributed by atoms with Crippen molar-refractivity contribution >= 4 is 18.0 Å². The van der Waals surface area contributed by atoms with E-state index in [1.165, 1.54) is 6.20 Å². The molecule has 0 bridgehead atoms. The number of carbonyl (C=O) groups excluding carboxylic acids is 2. The number of amidine groups is 1. The zero-order chi connectivity index (χ0) is 15.9. The van der Waals surface area contributed by atoms with Gasteiger partial charge in [-0.3, -0.25) is 20.0 Å². The molecule has 0 spiro atoms. The van der Waals surface area contributed by atoms with Crippen LogP contribution >= 0.6 is 0 Å². The van der Waals surface area contributed by atoms with Crippen LogP contribution in [0.4, 0.5) is 0 Å². The minimum atomic E-state index is -0.815. The molecule has 1 unspecified atom stereocenters. The SMILES string of the molecule is N=C(N)c1ccnc(CC(=O)NC([C]=O)c2ccccc2)c1. The van der Waals surface area contributed by atoms with E-state index in [-0.39, 0.29) is 18.2 Å². The van der Waals surface area contributed by atoms with Crippen LogP contribution in [0.5, 0.6) is 0 Å². The molecule has 6 heteroatoms. The first-order valence-electron chi connectivity index (χ1n) is 6.61. The molecule has 1 radical (unpaired) electrons. The van der Waals surface area contributed by atoms with E-state index < -0.39 is 6.04 Å². The van der Waals surface area contributed by atoms with E-state index in [1.807, 2.05) is 12.4 Å². The van der Waals surface area contributed by atoms with E-state index in [9.17, 15) is 9.59 Å². The van der Waals surface area contributed by atoms with E-state index in [2.05, 4.69) is 10.3 Å². The third kappa shape index (κ3) is 3.99. The lowest BCUT2D eigenvalue weighted by Crippen LogP contribution is -2.31. The van der Waals surface area contributed by atoms with Crippen LogP contribution in [0.1, 0.15) is 22.9 Å². The molecule has 4 N–H and O–H groups in total. The van der Waals surface area contributed by atoms with Gasteiger partial charge in [-0.05, 0) is 17.7 Å². The van der Waals surface area contributed by atoms with Gasteiger partial charge in [-0.1, -0.05) is 30.3 Å². The predicted octanol–water partition coefficient (Wildman–Crippen LogP) is 0.875. The van der Waals surface area contributed by atoms with Crippen LogP contribution in [0.25, 0.3) is 0 Å². The smallest absolute Gasteiger partial charge is 0.227 e. The lowest BCUT2D eigenvalue weighted by Gasteiger charge is -2.12. The van der Waals surface area contributed by atoms with Gasteiger partial charge in [0.15, 0.2) is 0 Å². The Balaban J connectivity index is 2.04. The Morgan fingerprint density at radius 2 is 2.05 bits per heavy atom. The molecule has 1 amide bonds. The van der Waals surface area contributed by atoms with Crippen LogP contribution in [0.2, 0.25) is 0 Å². The van der Waals surface area contributed by atoms with Crippen molar-refractivity contribution in [2.24, 2.45) is 5.73 Å². The number of nitrogens with one attached hydrogen (secondary N) is 2. The highest BCUT2D eigenvalue weighted by molar-refractivity contribution is 5.95. The predicted molar refractivity (Wildman–Crippen MR) is 82.0 cm³/mol. The first-order chi connectivity index (χ1) is 10.6. The minimum absolute atomic E-state index is 0.00780. The average Bonchev–Trinajstić information content (AvgIpc) is 2.53. The Labute approximate surface area is 127 Å². The van der Waals surface area contributed by atoms with Gasteiger partial charge < -0.3 is 11.1 Å². The van der Waals surface area contributed by atoms with Crippen molar-refractivity contribution in [1.29, 1.82) is 5.41 Å². The molecule has 0 saturated carbocycles. The van der Waals surface area contributed by atoms with Gasteiger partial charge in [-0.15, -0.1) is 0 Å². The fourth-order valence-corrected chi connectivity index (χ4v) is 1.95. The number of carbonyl (C=O) groups is 1. The highest BCUT2D eigenvalue weighted by atomic mass is 16.2. The minimum Gasteiger partial charge on any atom is -0.384 e. The summed E-state index contributed by atoms with van der Waals surface area (Å²) in [6.45, 7) is 0. The molecule has 1 atom stereocenters. The number of nitrogens with zero attached hydrogens (tertiary/aromatic N) is 1. The number of benzene rings is 1. The number of rotatable bonds is 6. The number of nitrogen functional groups attached to an aromatic ring is 1. The average molecular weight is 295 g/mol. The third-order valence-electron chi connectivity index (χ3n) is 3.03. The van der Waals surface area contributed by atoms with Gasteiger partial charge in [0.25, 0.3) is 0 Å². The first-order valence-corrected chi connectivity index (χ1v) is 6.61. The molecular formula is C16H15N4O2.